The molecule has 4 aromatic rings. The molecule has 0 unspecified atom stereocenters. The topological polar surface area (TPSA) is 77.3 Å². The summed E-state index contributed by atoms with van der Waals surface area (Å²) in [7, 11) is 0. The van der Waals surface area contributed by atoms with E-state index in [2.05, 4.69) is 0 Å². The minimum atomic E-state index is -2.09. The van der Waals surface area contributed by atoms with E-state index in [1.807, 2.05) is 121 Å². The lowest BCUT2D eigenvalue weighted by molar-refractivity contribution is -0.157. The average molecular weight is 645 g/mol. The van der Waals surface area contributed by atoms with Gasteiger partial charge in [0.2, 0.25) is 0 Å². The van der Waals surface area contributed by atoms with Gasteiger partial charge in [0.15, 0.2) is 12.0 Å². The normalized spacial score (nSPS) is 14.8. The molecule has 0 spiro atoms. The molecular formula is C42H46N2O4. The Morgan fingerprint density at radius 1 is 0.542 bits per heavy atom. The maximum Gasteiger partial charge on any atom is 0.331 e. The maximum absolute atomic E-state index is 13.7. The lowest BCUT2D eigenvalue weighted by atomic mass is 10.0. The summed E-state index contributed by atoms with van der Waals surface area (Å²) in [4.78, 5) is 37.0. The number of aliphatic imine (C=N–C) groups is 2. The van der Waals surface area contributed by atoms with Gasteiger partial charge in [-0.3, -0.25) is 9.98 Å². The van der Waals surface area contributed by atoms with Crippen molar-refractivity contribution < 1.29 is 21.8 Å². The van der Waals surface area contributed by atoms with Crippen LogP contribution >= 0.6 is 0 Å². The van der Waals surface area contributed by atoms with E-state index < -0.39 is 35.2 Å². The molecule has 0 aliphatic rings. The van der Waals surface area contributed by atoms with Crippen LogP contribution in [0.5, 0.6) is 0 Å². The molecule has 0 amide bonds. The fourth-order valence-corrected chi connectivity index (χ4v) is 4.66. The molecular weight excluding hydrogens is 596 g/mol. The van der Waals surface area contributed by atoms with Crippen molar-refractivity contribution >= 4 is 23.4 Å². The van der Waals surface area contributed by atoms with Crippen molar-refractivity contribution in [2.75, 3.05) is 0 Å². The summed E-state index contributed by atoms with van der Waals surface area (Å²) >= 11 is 0. The first-order valence-electron chi connectivity index (χ1n) is 17.1. The third-order valence-electron chi connectivity index (χ3n) is 6.74. The van der Waals surface area contributed by atoms with Gasteiger partial charge in [-0.1, -0.05) is 133 Å². The Morgan fingerprint density at radius 3 is 1.02 bits per heavy atom. The molecule has 6 heteroatoms. The molecule has 248 valence electrons. The highest BCUT2D eigenvalue weighted by atomic mass is 16.6. The monoisotopic (exact) mass is 644 g/mol. The Bertz CT molecular complexity index is 1600. The molecule has 0 fully saturated rings. The van der Waals surface area contributed by atoms with E-state index in [1.54, 1.807) is 53.7 Å². The minimum Gasteiger partial charge on any atom is -0.458 e. The summed E-state index contributed by atoms with van der Waals surface area (Å²) in [5.74, 6) is -1.64. The van der Waals surface area contributed by atoms with Crippen molar-refractivity contribution in [3.63, 3.8) is 0 Å². The highest BCUT2D eigenvalue weighted by Crippen LogP contribution is 2.20. The molecule has 4 rings (SSSR count). The molecule has 4 aromatic carbocycles. The van der Waals surface area contributed by atoms with Gasteiger partial charge in [-0.05, 0) is 54.4 Å². The van der Waals surface area contributed by atoms with Gasteiger partial charge in [-0.25, -0.2) is 9.59 Å². The Labute approximate surface area is 288 Å². The highest BCUT2D eigenvalue weighted by molar-refractivity contribution is 6.14. The van der Waals surface area contributed by atoms with E-state index >= 15 is 0 Å². The zero-order valence-electron chi connectivity index (χ0n) is 30.6. The Balaban J connectivity index is 1.78. The molecule has 0 bridgehead atoms. The van der Waals surface area contributed by atoms with Gasteiger partial charge in [0.1, 0.15) is 11.2 Å². The van der Waals surface area contributed by atoms with Crippen LogP contribution in [-0.4, -0.2) is 46.6 Å². The maximum atomic E-state index is 13.7. The van der Waals surface area contributed by atoms with Crippen LogP contribution < -0.4 is 0 Å². The van der Waals surface area contributed by atoms with Gasteiger partial charge in [-0.2, -0.15) is 0 Å². The molecule has 0 saturated carbocycles. The first kappa shape index (κ1) is 32.8. The molecule has 48 heavy (non-hydrogen) atoms. The minimum absolute atomic E-state index is 0.191. The summed E-state index contributed by atoms with van der Waals surface area (Å²) in [6.07, 6.45) is 2.79. The largest absolute Gasteiger partial charge is 0.458 e. The highest BCUT2D eigenvalue weighted by Gasteiger charge is 2.27. The number of hydrogen-bond donors (Lipinski definition) is 0. The van der Waals surface area contributed by atoms with Gasteiger partial charge in [-0.15, -0.1) is 0 Å². The lowest BCUT2D eigenvalue weighted by Gasteiger charge is -2.23. The quantitative estimate of drug-likeness (QED) is 0.0877. The van der Waals surface area contributed by atoms with Crippen molar-refractivity contribution in [2.45, 2.75) is 77.6 Å². The van der Waals surface area contributed by atoms with Crippen LogP contribution in [-0.2, 0) is 19.1 Å². The predicted octanol–water partition coefficient (Wildman–Crippen LogP) is 8.82. The summed E-state index contributed by atoms with van der Waals surface area (Å²) < 4.78 is 30.3. The van der Waals surface area contributed by atoms with Crippen molar-refractivity contribution in [3.8, 4) is 0 Å². The molecule has 0 aliphatic heterocycles. The molecule has 0 radical (unpaired) electrons. The number of esters is 2. The molecule has 6 nitrogen and oxygen atoms in total. The second-order valence-electron chi connectivity index (χ2n) is 13.2. The smallest absolute Gasteiger partial charge is 0.331 e. The summed E-state index contributed by atoms with van der Waals surface area (Å²) in [5.41, 5.74) is 2.14. The Kier molecular flexibility index (Phi) is 11.4. The van der Waals surface area contributed by atoms with Crippen LogP contribution in [0.3, 0.4) is 0 Å². The zero-order valence-corrected chi connectivity index (χ0v) is 28.6. The predicted molar refractivity (Wildman–Crippen MR) is 195 cm³/mol. The molecule has 0 aromatic heterocycles. The van der Waals surface area contributed by atoms with E-state index in [0.717, 1.165) is 22.3 Å². The van der Waals surface area contributed by atoms with Crippen LogP contribution in [0, 0.1) is 0 Å². The lowest BCUT2D eigenvalue weighted by Crippen LogP contribution is -2.32. The number of ether oxygens (including phenoxy) is 2. The van der Waals surface area contributed by atoms with E-state index in [0.29, 0.717) is 11.4 Å². The number of carbonyl (C=O) groups is 2. The fraction of sp³-hybridized carbons (Fsp3) is 0.286. The molecule has 0 heterocycles. The second kappa shape index (κ2) is 16.6. The SMILES string of the molecule is [2H][C@@](C/C=C/C[C@]([2H])(N=C(c1ccccc1)c1ccccc1)C(=O)OC(C)(C)C)(N=C(c1ccccc1)c1ccccc1)C(=O)OC(C)(C)C. The Hall–Kier alpha value is -5.10. The number of carbonyl (C=O) groups excluding carboxylic acids is 2. The second-order valence-corrected chi connectivity index (χ2v) is 13.2. The van der Waals surface area contributed by atoms with Gasteiger partial charge in [0.05, 0.1) is 14.2 Å². The first-order chi connectivity index (χ1) is 23.6. The van der Waals surface area contributed by atoms with Crippen molar-refractivity contribution in [3.05, 3.63) is 156 Å². The van der Waals surface area contributed by atoms with Crippen LogP contribution in [0.15, 0.2) is 143 Å². The van der Waals surface area contributed by atoms with Crippen LogP contribution in [0.1, 0.15) is 79.4 Å². The standard InChI is InChI=1S/C42H46N2O4/c1-41(2,3)47-39(45)35(43-37(31-21-11-7-12-22-31)32-23-13-8-14-24-32)29-19-20-30-36(40(46)48-42(4,5)6)44-38(33-25-15-9-16-26-33)34-27-17-10-18-28-34/h7-28,35-36H,29-30H2,1-6H3/b20-19+/t35-,36-/m0/s1/i35D,36D. The van der Waals surface area contributed by atoms with Gasteiger partial charge < -0.3 is 9.47 Å². The van der Waals surface area contributed by atoms with Crippen molar-refractivity contribution in [2.24, 2.45) is 9.98 Å². The number of nitrogens with zero attached hydrogens (tertiary/aromatic N) is 2. The first-order valence-corrected chi connectivity index (χ1v) is 16.1. The van der Waals surface area contributed by atoms with Gasteiger partial charge in [0, 0.05) is 22.3 Å². The molecule has 0 saturated heterocycles. The summed E-state index contributed by atoms with van der Waals surface area (Å²) in [6.45, 7) is 10.4. The fourth-order valence-electron chi connectivity index (χ4n) is 4.66. The van der Waals surface area contributed by atoms with Crippen LogP contribution in [0.4, 0.5) is 0 Å². The summed E-state index contributed by atoms with van der Waals surface area (Å²) in [5, 5.41) is 0. The van der Waals surface area contributed by atoms with E-state index in [4.69, 9.17) is 19.5 Å². The number of rotatable bonds is 12. The Morgan fingerprint density at radius 2 is 0.792 bits per heavy atom. The van der Waals surface area contributed by atoms with Crippen LogP contribution in [0.2, 0.25) is 0 Å². The van der Waals surface area contributed by atoms with E-state index in [1.165, 1.54) is 0 Å². The van der Waals surface area contributed by atoms with E-state index in [-0.39, 0.29) is 12.8 Å². The van der Waals surface area contributed by atoms with Gasteiger partial charge in [0.25, 0.3) is 0 Å². The third-order valence-corrected chi connectivity index (χ3v) is 6.74. The molecule has 2 atom stereocenters. The third kappa shape index (κ3) is 11.3. The van der Waals surface area contributed by atoms with Crippen molar-refractivity contribution in [1.29, 1.82) is 0 Å². The van der Waals surface area contributed by atoms with Gasteiger partial charge >= 0.3 is 11.9 Å². The number of hydrogen-bond acceptors (Lipinski definition) is 6. The molecule has 0 aliphatic carbocycles. The van der Waals surface area contributed by atoms with E-state index in [9.17, 15) is 12.3 Å². The average Bonchev–Trinajstić information content (AvgIpc) is 3.08. The van der Waals surface area contributed by atoms with Crippen molar-refractivity contribution in [1.82, 2.24) is 0 Å². The molecule has 0 N–H and O–H groups in total. The number of benzene rings is 4. The van der Waals surface area contributed by atoms with Crippen LogP contribution in [0.25, 0.3) is 0 Å². The zero-order chi connectivity index (χ0) is 36.4. The summed E-state index contributed by atoms with van der Waals surface area (Å²) in [6, 6.07) is 33.3.